The topological polar surface area (TPSA) is 118 Å². The van der Waals surface area contributed by atoms with E-state index in [1.54, 1.807) is 54.6 Å². The molecule has 3 N–H and O–H groups in total. The lowest BCUT2D eigenvalue weighted by Crippen LogP contribution is -2.63. The number of carbonyl (C=O) groups excluding carboxylic acids is 3. The maximum atomic E-state index is 12.8. The van der Waals surface area contributed by atoms with E-state index in [0.29, 0.717) is 23.1 Å². The second-order valence-corrected chi connectivity index (χ2v) is 6.61. The number of hydrogen-bond acceptors (Lipinski definition) is 5. The highest BCUT2D eigenvalue weighted by Gasteiger charge is 2.33. The Hall–Kier alpha value is -3.94. The summed E-state index contributed by atoms with van der Waals surface area (Å²) in [6.45, 7) is 0.328. The van der Waals surface area contributed by atoms with Gasteiger partial charge in [-0.2, -0.15) is 0 Å². The highest BCUT2D eigenvalue weighted by Crippen LogP contribution is 2.16. The van der Waals surface area contributed by atoms with Gasteiger partial charge >= 0.3 is 5.63 Å². The molecule has 8 heteroatoms. The van der Waals surface area contributed by atoms with Crippen LogP contribution in [0.3, 0.4) is 0 Å². The second-order valence-electron chi connectivity index (χ2n) is 6.61. The van der Waals surface area contributed by atoms with Gasteiger partial charge in [-0.3, -0.25) is 14.4 Å². The van der Waals surface area contributed by atoms with E-state index in [1.807, 2.05) is 0 Å². The van der Waals surface area contributed by atoms with Crippen molar-refractivity contribution in [3.63, 3.8) is 0 Å². The van der Waals surface area contributed by atoms with Crippen LogP contribution in [-0.4, -0.2) is 30.3 Å². The summed E-state index contributed by atoms with van der Waals surface area (Å²) in [7, 11) is 0. The van der Waals surface area contributed by atoms with Crippen molar-refractivity contribution in [2.75, 3.05) is 6.54 Å². The van der Waals surface area contributed by atoms with Gasteiger partial charge in [-0.25, -0.2) is 4.79 Å². The van der Waals surface area contributed by atoms with E-state index in [1.165, 1.54) is 6.07 Å². The molecule has 2 unspecified atom stereocenters. The summed E-state index contributed by atoms with van der Waals surface area (Å²) in [5.41, 5.74) is -0.128. The van der Waals surface area contributed by atoms with Crippen LogP contribution in [0, 0.1) is 0 Å². The molecule has 4 rings (SSSR count). The number of hydrogen-bond donors (Lipinski definition) is 3. The quantitative estimate of drug-likeness (QED) is 0.441. The minimum absolute atomic E-state index is 0.209. The Morgan fingerprint density at radius 2 is 1.76 bits per heavy atom. The third-order valence-electron chi connectivity index (χ3n) is 4.67. The molecule has 2 atom stereocenters. The molecule has 29 heavy (non-hydrogen) atoms. The van der Waals surface area contributed by atoms with Crippen molar-refractivity contribution in [2.24, 2.45) is 0 Å². The highest BCUT2D eigenvalue weighted by atomic mass is 16.4. The standard InChI is InChI=1S/C21H17N3O5/c25-18(14-10-13-8-4-5-9-16(13)29-21(14)28)24-17(12-6-2-1-3-7-12)20(27)23-15-11-22-19(15)26/h1-10,15,17H,11H2,(H,22,26)(H,23,27)(H,24,25). The molecule has 0 spiro atoms. The van der Waals surface area contributed by atoms with Crippen LogP contribution in [0.15, 0.2) is 69.9 Å². The lowest BCUT2D eigenvalue weighted by molar-refractivity contribution is -0.134. The second kappa shape index (κ2) is 7.59. The summed E-state index contributed by atoms with van der Waals surface area (Å²) in [6, 6.07) is 15.1. The normalized spacial score (nSPS) is 16.4. The van der Waals surface area contributed by atoms with Crippen molar-refractivity contribution in [1.82, 2.24) is 16.0 Å². The zero-order chi connectivity index (χ0) is 20.4. The monoisotopic (exact) mass is 391 g/mol. The predicted octanol–water partition coefficient (Wildman–Crippen LogP) is 0.879. The third kappa shape index (κ3) is 3.73. The lowest BCUT2D eigenvalue weighted by Gasteiger charge is -2.29. The Morgan fingerprint density at radius 1 is 1.03 bits per heavy atom. The summed E-state index contributed by atoms with van der Waals surface area (Å²) in [4.78, 5) is 49.3. The molecular weight excluding hydrogens is 374 g/mol. The first-order chi connectivity index (χ1) is 14.0. The summed E-state index contributed by atoms with van der Waals surface area (Å²) in [5, 5.41) is 8.31. The van der Waals surface area contributed by atoms with Crippen molar-refractivity contribution in [3.8, 4) is 0 Å². The van der Waals surface area contributed by atoms with Crippen LogP contribution in [0.2, 0.25) is 0 Å². The molecule has 1 saturated heterocycles. The summed E-state index contributed by atoms with van der Waals surface area (Å²) in [5.74, 6) is -1.58. The van der Waals surface area contributed by atoms with Gasteiger partial charge < -0.3 is 20.4 Å². The van der Waals surface area contributed by atoms with E-state index in [-0.39, 0.29) is 11.5 Å². The number of nitrogens with one attached hydrogen (secondary N) is 3. The molecule has 0 bridgehead atoms. The summed E-state index contributed by atoms with van der Waals surface area (Å²) in [6.07, 6.45) is 0. The van der Waals surface area contributed by atoms with E-state index in [2.05, 4.69) is 16.0 Å². The van der Waals surface area contributed by atoms with Crippen LogP contribution in [0.4, 0.5) is 0 Å². The molecule has 1 aromatic heterocycles. The van der Waals surface area contributed by atoms with Crippen molar-refractivity contribution in [3.05, 3.63) is 82.2 Å². The largest absolute Gasteiger partial charge is 0.422 e. The fourth-order valence-corrected chi connectivity index (χ4v) is 3.03. The maximum absolute atomic E-state index is 12.8. The third-order valence-corrected chi connectivity index (χ3v) is 4.67. The highest BCUT2D eigenvalue weighted by molar-refractivity contribution is 6.00. The molecule has 0 aliphatic carbocycles. The Bertz CT molecular complexity index is 1160. The average molecular weight is 391 g/mol. The number of para-hydroxylation sites is 1. The van der Waals surface area contributed by atoms with E-state index in [0.717, 1.165) is 0 Å². The van der Waals surface area contributed by atoms with Crippen LogP contribution < -0.4 is 21.6 Å². The molecule has 3 amide bonds. The average Bonchev–Trinajstić information content (AvgIpc) is 2.74. The maximum Gasteiger partial charge on any atom is 0.349 e. The first-order valence-electron chi connectivity index (χ1n) is 9.00. The first-order valence-corrected chi connectivity index (χ1v) is 9.00. The number of fused-ring (bicyclic) bond motifs is 1. The fourth-order valence-electron chi connectivity index (χ4n) is 3.03. The number of carbonyl (C=O) groups is 3. The van der Waals surface area contributed by atoms with Gasteiger partial charge in [-0.05, 0) is 17.7 Å². The minimum atomic E-state index is -1.08. The molecule has 1 aliphatic heterocycles. The molecule has 2 aromatic carbocycles. The number of benzene rings is 2. The minimum Gasteiger partial charge on any atom is -0.422 e. The molecule has 1 aliphatic rings. The zero-order valence-corrected chi connectivity index (χ0v) is 15.2. The first kappa shape index (κ1) is 18.4. The van der Waals surface area contributed by atoms with Crippen LogP contribution in [0.5, 0.6) is 0 Å². The molecule has 0 saturated carbocycles. The van der Waals surface area contributed by atoms with Crippen molar-refractivity contribution < 1.29 is 18.8 Å². The van der Waals surface area contributed by atoms with E-state index < -0.39 is 29.5 Å². The van der Waals surface area contributed by atoms with Gasteiger partial charge in [0.25, 0.3) is 5.91 Å². The molecule has 2 heterocycles. The lowest BCUT2D eigenvalue weighted by atomic mass is 10.0. The SMILES string of the molecule is O=C(NC(C(=O)NC1CNC1=O)c1ccccc1)c1cc2ccccc2oc1=O. The van der Waals surface area contributed by atoms with Crippen molar-refractivity contribution in [1.29, 1.82) is 0 Å². The number of amides is 3. The fraction of sp³-hybridized carbons (Fsp3) is 0.143. The van der Waals surface area contributed by atoms with E-state index >= 15 is 0 Å². The molecule has 8 nitrogen and oxygen atoms in total. The van der Waals surface area contributed by atoms with E-state index in [4.69, 9.17) is 4.42 Å². The van der Waals surface area contributed by atoms with Crippen molar-refractivity contribution >= 4 is 28.7 Å². The van der Waals surface area contributed by atoms with Gasteiger partial charge in [0.15, 0.2) is 0 Å². The molecule has 146 valence electrons. The van der Waals surface area contributed by atoms with Gasteiger partial charge in [0.1, 0.15) is 23.2 Å². The van der Waals surface area contributed by atoms with Gasteiger partial charge in [0.05, 0.1) is 0 Å². The van der Waals surface area contributed by atoms with Crippen molar-refractivity contribution in [2.45, 2.75) is 12.1 Å². The Labute approximate surface area is 164 Å². The summed E-state index contributed by atoms with van der Waals surface area (Å²) < 4.78 is 5.20. The Morgan fingerprint density at radius 3 is 2.45 bits per heavy atom. The van der Waals surface area contributed by atoms with E-state index in [9.17, 15) is 19.2 Å². The summed E-state index contributed by atoms with van der Waals surface area (Å²) >= 11 is 0. The molecule has 3 aromatic rings. The van der Waals surface area contributed by atoms with Crippen LogP contribution >= 0.6 is 0 Å². The zero-order valence-electron chi connectivity index (χ0n) is 15.2. The van der Waals surface area contributed by atoms with Gasteiger partial charge in [0.2, 0.25) is 11.8 Å². The predicted molar refractivity (Wildman–Crippen MR) is 104 cm³/mol. The Balaban J connectivity index is 1.62. The Kier molecular flexibility index (Phi) is 4.82. The van der Waals surface area contributed by atoms with Gasteiger partial charge in [-0.1, -0.05) is 48.5 Å². The number of rotatable bonds is 5. The van der Waals surface area contributed by atoms with Crippen LogP contribution in [0.1, 0.15) is 22.0 Å². The molecule has 1 fully saturated rings. The smallest absolute Gasteiger partial charge is 0.349 e. The number of β-lactam (4-membered cyclic amide) rings is 1. The van der Waals surface area contributed by atoms with Crippen LogP contribution in [-0.2, 0) is 9.59 Å². The molecule has 0 radical (unpaired) electrons. The van der Waals surface area contributed by atoms with Crippen LogP contribution in [0.25, 0.3) is 11.0 Å². The molecular formula is C21H17N3O5. The van der Waals surface area contributed by atoms with Gasteiger partial charge in [-0.15, -0.1) is 0 Å². The van der Waals surface area contributed by atoms with Gasteiger partial charge in [0, 0.05) is 11.9 Å².